The minimum atomic E-state index is -0.752. The summed E-state index contributed by atoms with van der Waals surface area (Å²) in [5, 5.41) is 14.5. The first-order valence-electron chi connectivity index (χ1n) is 9.65. The van der Waals surface area contributed by atoms with Gasteiger partial charge in [-0.15, -0.1) is 0 Å². The maximum Gasteiger partial charge on any atom is 0.168 e. The van der Waals surface area contributed by atoms with Crippen LogP contribution in [0.5, 0.6) is 5.75 Å². The highest BCUT2D eigenvalue weighted by atomic mass is 35.5. The lowest BCUT2D eigenvalue weighted by Crippen LogP contribution is -2.49. The van der Waals surface area contributed by atoms with E-state index in [-0.39, 0.29) is 17.9 Å². The number of methoxy groups -OCH3 is 1. The summed E-state index contributed by atoms with van der Waals surface area (Å²) in [7, 11) is 1.33. The highest BCUT2D eigenvalue weighted by Gasteiger charge is 2.29. The zero-order valence-corrected chi connectivity index (χ0v) is 17.9. The predicted octanol–water partition coefficient (Wildman–Crippen LogP) is 2.57. The van der Waals surface area contributed by atoms with Crippen molar-refractivity contribution in [3.63, 3.8) is 0 Å². The molecule has 2 atom stereocenters. The van der Waals surface area contributed by atoms with Gasteiger partial charge in [-0.25, -0.2) is 13.5 Å². The molecular weight excluding hydrogens is 418 g/mol. The van der Waals surface area contributed by atoms with Gasteiger partial charge < -0.3 is 14.7 Å². The Morgan fingerprint density at radius 3 is 2.50 bits per heavy atom. The molecule has 1 N–H and O–H groups in total. The number of hydrogen-bond donors (Lipinski definition) is 1. The second kappa shape index (κ2) is 9.28. The highest BCUT2D eigenvalue weighted by molar-refractivity contribution is 6.31. The number of halogens is 3. The van der Waals surface area contributed by atoms with Crippen molar-refractivity contribution in [1.82, 2.24) is 14.7 Å². The van der Waals surface area contributed by atoms with E-state index in [0.29, 0.717) is 42.6 Å². The third kappa shape index (κ3) is 4.43. The van der Waals surface area contributed by atoms with Gasteiger partial charge in [-0.3, -0.25) is 9.69 Å². The zero-order valence-electron chi connectivity index (χ0n) is 17.1. The van der Waals surface area contributed by atoms with Crippen molar-refractivity contribution < 1.29 is 23.4 Å². The molecule has 0 bridgehead atoms. The molecule has 0 spiro atoms. The van der Waals surface area contributed by atoms with Crippen LogP contribution in [0.4, 0.5) is 14.5 Å². The molecule has 1 fully saturated rings. The molecule has 0 aliphatic carbocycles. The van der Waals surface area contributed by atoms with E-state index in [1.807, 2.05) is 4.90 Å². The van der Waals surface area contributed by atoms with E-state index in [9.17, 15) is 18.7 Å². The van der Waals surface area contributed by atoms with Crippen LogP contribution in [0.15, 0.2) is 12.1 Å². The topological polar surface area (TPSA) is 70.8 Å². The van der Waals surface area contributed by atoms with Gasteiger partial charge in [0.05, 0.1) is 35.3 Å². The molecule has 164 valence electrons. The predicted molar refractivity (Wildman–Crippen MR) is 109 cm³/mol. The molecule has 10 heteroatoms. The third-order valence-corrected chi connectivity index (χ3v) is 5.75. The quantitative estimate of drug-likeness (QED) is 0.665. The summed E-state index contributed by atoms with van der Waals surface area (Å²) in [6.07, 6.45) is -0.191. The number of rotatable bonds is 7. The molecule has 30 heavy (non-hydrogen) atoms. The number of aliphatic hydroxyl groups is 1. The number of piperazine rings is 1. The molecule has 1 aromatic carbocycles. The molecule has 2 aromatic rings. The number of ether oxygens (including phenoxy) is 1. The summed E-state index contributed by atoms with van der Waals surface area (Å²) in [4.78, 5) is 15.6. The fourth-order valence-electron chi connectivity index (χ4n) is 3.67. The Balaban J connectivity index is 1.76. The number of nitrogens with zero attached hydrogens (tertiary/aromatic N) is 4. The smallest absolute Gasteiger partial charge is 0.168 e. The Morgan fingerprint density at radius 2 is 1.93 bits per heavy atom. The van der Waals surface area contributed by atoms with E-state index in [1.165, 1.54) is 13.2 Å². The first kappa shape index (κ1) is 22.5. The van der Waals surface area contributed by atoms with Gasteiger partial charge in [-0.1, -0.05) is 11.6 Å². The van der Waals surface area contributed by atoms with E-state index in [1.54, 1.807) is 23.4 Å². The fourth-order valence-corrected chi connectivity index (χ4v) is 3.87. The SMILES string of the molecule is COc1cc(N2CCN(C(C=O)n3nc(CC(C)O)c(Cl)c3C)CC2)c(F)cc1F. The van der Waals surface area contributed by atoms with Crippen LogP contribution in [0.1, 0.15) is 24.5 Å². The molecule has 1 saturated heterocycles. The van der Waals surface area contributed by atoms with E-state index in [2.05, 4.69) is 5.10 Å². The van der Waals surface area contributed by atoms with Gasteiger partial charge in [0, 0.05) is 44.7 Å². The molecule has 2 heterocycles. The molecular formula is C20H25ClF2N4O3. The van der Waals surface area contributed by atoms with Gasteiger partial charge in [0.25, 0.3) is 0 Å². The van der Waals surface area contributed by atoms with Gasteiger partial charge in [0.1, 0.15) is 5.82 Å². The van der Waals surface area contributed by atoms with Gasteiger partial charge in [0.15, 0.2) is 24.0 Å². The first-order chi connectivity index (χ1) is 14.3. The maximum absolute atomic E-state index is 14.3. The fraction of sp³-hybridized carbons (Fsp3) is 0.500. The summed E-state index contributed by atoms with van der Waals surface area (Å²) in [6.45, 7) is 5.21. The van der Waals surface area contributed by atoms with Crippen molar-refractivity contribution in [2.45, 2.75) is 32.5 Å². The Hall–Kier alpha value is -2.23. The van der Waals surface area contributed by atoms with Crippen LogP contribution in [0, 0.1) is 18.6 Å². The largest absolute Gasteiger partial charge is 0.494 e. The Morgan fingerprint density at radius 1 is 1.27 bits per heavy atom. The van der Waals surface area contributed by atoms with Crippen molar-refractivity contribution in [3.8, 4) is 5.75 Å². The van der Waals surface area contributed by atoms with Crippen molar-refractivity contribution in [3.05, 3.63) is 40.2 Å². The Bertz CT molecular complexity index is 914. The lowest BCUT2D eigenvalue weighted by Gasteiger charge is -2.38. The van der Waals surface area contributed by atoms with E-state index < -0.39 is 23.9 Å². The molecule has 1 aliphatic rings. The number of carbonyl (C=O) groups is 1. The van der Waals surface area contributed by atoms with Crippen molar-refractivity contribution in [2.24, 2.45) is 0 Å². The van der Waals surface area contributed by atoms with E-state index >= 15 is 0 Å². The highest BCUT2D eigenvalue weighted by Crippen LogP contribution is 2.30. The lowest BCUT2D eigenvalue weighted by atomic mass is 10.2. The molecule has 1 aromatic heterocycles. The van der Waals surface area contributed by atoms with E-state index in [0.717, 1.165) is 12.4 Å². The Labute approximate surface area is 178 Å². The Kier molecular flexibility index (Phi) is 6.95. The second-order valence-electron chi connectivity index (χ2n) is 7.35. The minimum Gasteiger partial charge on any atom is -0.494 e. The molecule has 0 saturated carbocycles. The molecule has 0 amide bonds. The average molecular weight is 443 g/mol. The summed E-state index contributed by atoms with van der Waals surface area (Å²) in [5.74, 6) is -1.43. The standard InChI is InChI=1S/C20H25ClF2N4O3/c1-12(29)8-16-20(21)13(2)27(24-16)19(11-28)26-6-4-25(5-7-26)17-10-18(30-3)15(23)9-14(17)22/h9-12,19,29H,4-8H2,1-3H3. The third-order valence-electron chi connectivity index (χ3n) is 5.25. The minimum absolute atomic E-state index is 0.0213. The van der Waals surface area contributed by atoms with Gasteiger partial charge in [-0.05, 0) is 13.8 Å². The number of aldehydes is 1. The first-order valence-corrected chi connectivity index (χ1v) is 10.0. The molecule has 7 nitrogen and oxygen atoms in total. The maximum atomic E-state index is 14.3. The lowest BCUT2D eigenvalue weighted by molar-refractivity contribution is -0.116. The number of carbonyl (C=O) groups excluding carboxylic acids is 1. The van der Waals surface area contributed by atoms with Gasteiger partial charge in [0.2, 0.25) is 0 Å². The number of aromatic nitrogens is 2. The molecule has 1 aliphatic heterocycles. The van der Waals surface area contributed by atoms with Crippen LogP contribution < -0.4 is 9.64 Å². The number of benzene rings is 1. The van der Waals surface area contributed by atoms with E-state index in [4.69, 9.17) is 16.3 Å². The van der Waals surface area contributed by atoms with Gasteiger partial charge >= 0.3 is 0 Å². The number of aliphatic hydroxyl groups excluding tert-OH is 1. The zero-order chi connectivity index (χ0) is 22.0. The summed E-state index contributed by atoms with van der Waals surface area (Å²) in [5.41, 5.74) is 1.43. The molecule has 3 rings (SSSR count). The van der Waals surface area contributed by atoms with Crippen LogP contribution in [-0.2, 0) is 11.2 Å². The van der Waals surface area contributed by atoms with Crippen LogP contribution in [0.25, 0.3) is 0 Å². The van der Waals surface area contributed by atoms with Crippen molar-refractivity contribution >= 4 is 23.6 Å². The van der Waals surface area contributed by atoms with Gasteiger partial charge in [-0.2, -0.15) is 5.10 Å². The number of anilines is 1. The summed E-state index contributed by atoms with van der Waals surface area (Å²) < 4.78 is 34.5. The summed E-state index contributed by atoms with van der Waals surface area (Å²) >= 11 is 6.34. The average Bonchev–Trinajstić information content (AvgIpc) is 2.97. The second-order valence-corrected chi connectivity index (χ2v) is 7.73. The normalized spacial score (nSPS) is 17.1. The molecule has 0 radical (unpaired) electrons. The summed E-state index contributed by atoms with van der Waals surface area (Å²) in [6, 6.07) is 2.16. The van der Waals surface area contributed by atoms with Crippen LogP contribution in [0.3, 0.4) is 0 Å². The van der Waals surface area contributed by atoms with Crippen molar-refractivity contribution in [1.29, 1.82) is 0 Å². The van der Waals surface area contributed by atoms with Crippen LogP contribution in [0.2, 0.25) is 5.02 Å². The molecule has 2 unspecified atom stereocenters. The number of hydrogen-bond acceptors (Lipinski definition) is 6. The van der Waals surface area contributed by atoms with Crippen molar-refractivity contribution in [2.75, 3.05) is 38.2 Å². The van der Waals surface area contributed by atoms with Crippen LogP contribution >= 0.6 is 11.6 Å². The van der Waals surface area contributed by atoms with Crippen LogP contribution in [-0.4, -0.2) is 65.5 Å². The monoisotopic (exact) mass is 442 g/mol.